The second-order valence-corrected chi connectivity index (χ2v) is 4.52. The number of hydrogen-bond donors (Lipinski definition) is 1. The number of aromatic nitrogens is 2. The lowest BCUT2D eigenvalue weighted by Crippen LogP contribution is -2.03. The van der Waals surface area contributed by atoms with Crippen molar-refractivity contribution in [1.82, 2.24) is 9.55 Å². The van der Waals surface area contributed by atoms with E-state index in [0.717, 1.165) is 21.6 Å². The second-order valence-electron chi connectivity index (χ2n) is 3.67. The van der Waals surface area contributed by atoms with Crippen molar-refractivity contribution in [3.8, 4) is 5.75 Å². The summed E-state index contributed by atoms with van der Waals surface area (Å²) in [5, 5.41) is 8.99. The van der Waals surface area contributed by atoms with Crippen LogP contribution in [0.15, 0.2) is 35.1 Å². The summed E-state index contributed by atoms with van der Waals surface area (Å²) in [5.74, 6) is 1.60. The van der Waals surface area contributed by atoms with E-state index in [1.54, 1.807) is 6.20 Å². The Morgan fingerprint density at radius 2 is 2.29 bits per heavy atom. The summed E-state index contributed by atoms with van der Waals surface area (Å²) in [4.78, 5) is 4.18. The molecule has 0 radical (unpaired) electrons. The van der Waals surface area contributed by atoms with Crippen LogP contribution in [0.5, 0.6) is 5.75 Å². The first-order chi connectivity index (χ1) is 8.20. The van der Waals surface area contributed by atoms with Crippen molar-refractivity contribution in [3.63, 3.8) is 0 Å². The summed E-state index contributed by atoms with van der Waals surface area (Å²) in [6.07, 6.45) is 3.62. The SMILES string of the molecule is Cn1ccnc1COc1ccc(CO)cc1Br. The largest absolute Gasteiger partial charge is 0.485 e. The Morgan fingerprint density at radius 3 is 2.88 bits per heavy atom. The minimum absolute atomic E-state index is 0.0260. The molecule has 0 aliphatic rings. The molecule has 0 saturated heterocycles. The summed E-state index contributed by atoms with van der Waals surface area (Å²) >= 11 is 3.41. The molecule has 4 nitrogen and oxygen atoms in total. The van der Waals surface area contributed by atoms with Crippen LogP contribution < -0.4 is 4.74 Å². The molecule has 0 spiro atoms. The van der Waals surface area contributed by atoms with Crippen molar-refractivity contribution < 1.29 is 9.84 Å². The summed E-state index contributed by atoms with van der Waals surface area (Å²) < 4.78 is 8.39. The Hall–Kier alpha value is -1.33. The fourth-order valence-electron chi connectivity index (χ4n) is 1.44. The Kier molecular flexibility index (Phi) is 3.81. The Balaban J connectivity index is 2.07. The first-order valence-corrected chi connectivity index (χ1v) is 5.98. The van der Waals surface area contributed by atoms with Gasteiger partial charge in [-0.3, -0.25) is 0 Å². The zero-order valence-electron chi connectivity index (χ0n) is 9.43. The van der Waals surface area contributed by atoms with Crippen LogP contribution in [-0.2, 0) is 20.3 Å². The molecular weight excluding hydrogens is 284 g/mol. The standard InChI is InChI=1S/C12H13BrN2O2/c1-15-5-4-14-12(15)8-17-11-3-2-9(7-16)6-10(11)13/h2-6,16H,7-8H2,1H3. The normalized spacial score (nSPS) is 10.5. The summed E-state index contributed by atoms with van der Waals surface area (Å²) in [6.45, 7) is 0.443. The highest BCUT2D eigenvalue weighted by Crippen LogP contribution is 2.26. The van der Waals surface area contributed by atoms with E-state index >= 15 is 0 Å². The smallest absolute Gasteiger partial charge is 0.146 e. The van der Waals surface area contributed by atoms with E-state index in [1.807, 2.05) is 36.0 Å². The topological polar surface area (TPSA) is 47.3 Å². The molecule has 1 heterocycles. The quantitative estimate of drug-likeness (QED) is 0.941. The Bertz CT molecular complexity index is 511. The van der Waals surface area contributed by atoms with E-state index in [9.17, 15) is 0 Å². The fourth-order valence-corrected chi connectivity index (χ4v) is 1.98. The van der Waals surface area contributed by atoms with Crippen molar-refractivity contribution >= 4 is 15.9 Å². The number of rotatable bonds is 4. The third-order valence-electron chi connectivity index (χ3n) is 2.46. The number of aliphatic hydroxyl groups is 1. The fraction of sp³-hybridized carbons (Fsp3) is 0.250. The lowest BCUT2D eigenvalue weighted by molar-refractivity contribution is 0.279. The van der Waals surface area contributed by atoms with Gasteiger partial charge in [-0.1, -0.05) is 6.07 Å². The van der Waals surface area contributed by atoms with Gasteiger partial charge in [-0.15, -0.1) is 0 Å². The first-order valence-electron chi connectivity index (χ1n) is 5.19. The lowest BCUT2D eigenvalue weighted by Gasteiger charge is -2.09. The number of hydrogen-bond acceptors (Lipinski definition) is 3. The molecule has 0 atom stereocenters. The molecule has 0 aliphatic heterocycles. The highest BCUT2D eigenvalue weighted by atomic mass is 79.9. The van der Waals surface area contributed by atoms with Crippen LogP contribution in [0, 0.1) is 0 Å². The van der Waals surface area contributed by atoms with Gasteiger partial charge >= 0.3 is 0 Å². The number of imidazole rings is 1. The van der Waals surface area contributed by atoms with Crippen molar-refractivity contribution in [2.75, 3.05) is 0 Å². The second kappa shape index (κ2) is 5.33. The van der Waals surface area contributed by atoms with E-state index in [-0.39, 0.29) is 6.61 Å². The summed E-state index contributed by atoms with van der Waals surface area (Å²) in [5.41, 5.74) is 0.848. The molecule has 90 valence electrons. The van der Waals surface area contributed by atoms with Gasteiger partial charge in [-0.25, -0.2) is 4.98 Å². The maximum atomic E-state index is 8.99. The average molecular weight is 297 g/mol. The van der Waals surface area contributed by atoms with Crippen molar-refractivity contribution in [2.45, 2.75) is 13.2 Å². The van der Waals surface area contributed by atoms with Crippen LogP contribution in [0.2, 0.25) is 0 Å². The molecule has 0 amide bonds. The van der Waals surface area contributed by atoms with Gasteiger partial charge in [-0.05, 0) is 33.6 Å². The molecule has 0 fully saturated rings. The van der Waals surface area contributed by atoms with E-state index in [1.165, 1.54) is 0 Å². The van der Waals surface area contributed by atoms with Gasteiger partial charge in [0.05, 0.1) is 11.1 Å². The molecule has 17 heavy (non-hydrogen) atoms. The molecule has 0 saturated carbocycles. The number of ether oxygens (including phenoxy) is 1. The monoisotopic (exact) mass is 296 g/mol. The number of halogens is 1. The first kappa shape index (κ1) is 12.1. The van der Waals surface area contributed by atoms with Crippen LogP contribution in [0.1, 0.15) is 11.4 Å². The Morgan fingerprint density at radius 1 is 1.47 bits per heavy atom. The molecule has 1 aromatic carbocycles. The van der Waals surface area contributed by atoms with Crippen molar-refractivity contribution in [2.24, 2.45) is 7.05 Å². The van der Waals surface area contributed by atoms with Gasteiger partial charge < -0.3 is 14.4 Å². The lowest BCUT2D eigenvalue weighted by atomic mass is 10.2. The molecule has 2 rings (SSSR count). The minimum Gasteiger partial charge on any atom is -0.485 e. The van der Waals surface area contributed by atoms with Crippen LogP contribution in [0.3, 0.4) is 0 Å². The molecular formula is C12H13BrN2O2. The van der Waals surface area contributed by atoms with Crippen LogP contribution in [0.25, 0.3) is 0 Å². The van der Waals surface area contributed by atoms with E-state index in [2.05, 4.69) is 20.9 Å². The molecule has 0 bridgehead atoms. The maximum absolute atomic E-state index is 8.99. The van der Waals surface area contributed by atoms with Crippen LogP contribution in [-0.4, -0.2) is 14.7 Å². The number of aliphatic hydroxyl groups excluding tert-OH is 1. The highest BCUT2D eigenvalue weighted by molar-refractivity contribution is 9.10. The van der Waals surface area contributed by atoms with Gasteiger partial charge in [0.2, 0.25) is 0 Å². The summed E-state index contributed by atoms with van der Waals surface area (Å²) in [6, 6.07) is 5.50. The predicted molar refractivity (Wildman–Crippen MR) is 67.6 cm³/mol. The molecule has 5 heteroatoms. The van der Waals surface area contributed by atoms with Crippen LogP contribution in [0.4, 0.5) is 0 Å². The third kappa shape index (κ3) is 2.87. The summed E-state index contributed by atoms with van der Waals surface area (Å²) in [7, 11) is 1.93. The van der Waals surface area contributed by atoms with Crippen molar-refractivity contribution in [1.29, 1.82) is 0 Å². The van der Waals surface area contributed by atoms with Gasteiger partial charge in [0, 0.05) is 19.4 Å². The third-order valence-corrected chi connectivity index (χ3v) is 3.08. The van der Waals surface area contributed by atoms with E-state index in [4.69, 9.17) is 9.84 Å². The zero-order chi connectivity index (χ0) is 12.3. The molecule has 1 aromatic heterocycles. The van der Waals surface area contributed by atoms with Gasteiger partial charge in [0.25, 0.3) is 0 Å². The number of benzene rings is 1. The van der Waals surface area contributed by atoms with Crippen molar-refractivity contribution in [3.05, 3.63) is 46.5 Å². The van der Waals surface area contributed by atoms with Gasteiger partial charge in [-0.2, -0.15) is 0 Å². The minimum atomic E-state index is 0.0260. The number of aryl methyl sites for hydroxylation is 1. The van der Waals surface area contributed by atoms with Gasteiger partial charge in [0.15, 0.2) is 0 Å². The Labute approximate surface area is 108 Å². The predicted octanol–water partition coefficient (Wildman–Crippen LogP) is 2.25. The molecule has 2 aromatic rings. The molecule has 1 N–H and O–H groups in total. The molecule has 0 unspecified atom stereocenters. The average Bonchev–Trinajstić information content (AvgIpc) is 2.73. The maximum Gasteiger partial charge on any atom is 0.146 e. The zero-order valence-corrected chi connectivity index (χ0v) is 11.0. The molecule has 0 aliphatic carbocycles. The van der Waals surface area contributed by atoms with Gasteiger partial charge in [0.1, 0.15) is 18.2 Å². The number of nitrogens with zero attached hydrogens (tertiary/aromatic N) is 2. The van der Waals surface area contributed by atoms with E-state index in [0.29, 0.717) is 6.61 Å². The highest BCUT2D eigenvalue weighted by Gasteiger charge is 2.05. The van der Waals surface area contributed by atoms with E-state index < -0.39 is 0 Å². The van der Waals surface area contributed by atoms with Crippen LogP contribution >= 0.6 is 15.9 Å².